The first-order valence-electron chi connectivity index (χ1n) is 12.5. The fourth-order valence-corrected chi connectivity index (χ4v) is 7.53. The van der Waals surface area contributed by atoms with Crippen molar-refractivity contribution in [2.24, 2.45) is 22.2 Å². The van der Waals surface area contributed by atoms with Gasteiger partial charge < -0.3 is 15.0 Å². The largest absolute Gasteiger partial charge is 0.449 e. The molecule has 1 aromatic carbocycles. The number of carbonyl (C=O) groups excluding carboxylic acids is 2. The second-order valence-corrected chi connectivity index (χ2v) is 11.9. The number of nitrogens with zero attached hydrogens (tertiary/aromatic N) is 2. The first kappa shape index (κ1) is 23.3. The summed E-state index contributed by atoms with van der Waals surface area (Å²) in [6.45, 7) is 4.27. The Morgan fingerprint density at radius 2 is 1.97 bits per heavy atom. The van der Waals surface area contributed by atoms with E-state index in [-0.39, 0.29) is 22.4 Å². The molecule has 2 bridgehead atoms. The van der Waals surface area contributed by atoms with Gasteiger partial charge in [0.1, 0.15) is 10.7 Å². The van der Waals surface area contributed by atoms with Crippen molar-refractivity contribution < 1.29 is 22.7 Å². The molecule has 8 nitrogen and oxygen atoms in total. The predicted molar refractivity (Wildman–Crippen MR) is 128 cm³/mol. The zero-order chi connectivity index (χ0) is 24.0. The van der Waals surface area contributed by atoms with Crippen molar-refractivity contribution >= 4 is 33.4 Å². The number of hydrogen-bond acceptors (Lipinski definition) is 6. The minimum atomic E-state index is -3.90. The van der Waals surface area contributed by atoms with E-state index in [9.17, 15) is 18.0 Å². The number of anilines is 1. The maximum atomic E-state index is 12.8. The highest BCUT2D eigenvalue weighted by Gasteiger charge is 2.42. The number of fused-ring (bicyclic) bond motifs is 5. The minimum absolute atomic E-state index is 0.00890. The van der Waals surface area contributed by atoms with Crippen LogP contribution in [0.3, 0.4) is 0 Å². The van der Waals surface area contributed by atoms with Crippen LogP contribution < -0.4 is 10.2 Å². The summed E-state index contributed by atoms with van der Waals surface area (Å²) >= 11 is 0. The van der Waals surface area contributed by atoms with Gasteiger partial charge >= 0.3 is 5.97 Å². The molecule has 0 unspecified atom stereocenters. The predicted octanol–water partition coefficient (Wildman–Crippen LogP) is 3.65. The number of amides is 1. The summed E-state index contributed by atoms with van der Waals surface area (Å²) in [5.74, 6) is 1.48. The fourth-order valence-electron chi connectivity index (χ4n) is 6.24. The second kappa shape index (κ2) is 8.98. The van der Waals surface area contributed by atoms with E-state index in [2.05, 4.69) is 9.71 Å². The standard InChI is InChI=1S/C25H33N3O5S/c1-15(20-13-17-7-8-18(20)12-17)26-24(29)16(2)33-25(30)19-9-10-21-22(14-19)34(31,32)27-23-6-4-3-5-11-28(21)23/h9-10,14-18,20H,3-8,11-13H2,1-2H3,(H,26,29)/t15-,16+,17+,18+,20+/m1/s1. The van der Waals surface area contributed by atoms with Gasteiger partial charge in [-0.3, -0.25) is 4.79 Å². The molecule has 2 aliphatic carbocycles. The van der Waals surface area contributed by atoms with E-state index in [0.717, 1.165) is 31.6 Å². The third kappa shape index (κ3) is 4.34. The van der Waals surface area contributed by atoms with Crippen molar-refractivity contribution in [3.05, 3.63) is 23.8 Å². The Morgan fingerprint density at radius 3 is 2.71 bits per heavy atom. The Bertz CT molecular complexity index is 1130. The number of carbonyl (C=O) groups is 2. The first-order chi connectivity index (χ1) is 16.2. The molecule has 1 aromatic rings. The Kier molecular flexibility index (Phi) is 6.16. The maximum absolute atomic E-state index is 12.8. The van der Waals surface area contributed by atoms with Crippen LogP contribution in [0.4, 0.5) is 5.69 Å². The molecule has 1 saturated heterocycles. The average Bonchev–Trinajstić information content (AvgIpc) is 3.36. The topological polar surface area (TPSA) is 105 Å². The van der Waals surface area contributed by atoms with Crippen LogP contribution in [0, 0.1) is 17.8 Å². The molecule has 34 heavy (non-hydrogen) atoms. The molecule has 5 rings (SSSR count). The molecule has 0 spiro atoms. The van der Waals surface area contributed by atoms with E-state index >= 15 is 0 Å². The van der Waals surface area contributed by atoms with Crippen molar-refractivity contribution in [1.82, 2.24) is 5.32 Å². The number of rotatable bonds is 5. The van der Waals surface area contributed by atoms with Crippen molar-refractivity contribution in [3.63, 3.8) is 0 Å². The monoisotopic (exact) mass is 487 g/mol. The van der Waals surface area contributed by atoms with Gasteiger partial charge in [-0.1, -0.05) is 12.8 Å². The van der Waals surface area contributed by atoms with Crippen LogP contribution in [0.2, 0.25) is 0 Å². The maximum Gasteiger partial charge on any atom is 0.338 e. The number of ether oxygens (including phenoxy) is 1. The lowest BCUT2D eigenvalue weighted by atomic mass is 9.84. The Balaban J connectivity index is 1.26. The van der Waals surface area contributed by atoms with Gasteiger partial charge in [0.05, 0.1) is 11.3 Å². The summed E-state index contributed by atoms with van der Waals surface area (Å²) in [5, 5.41) is 3.03. The summed E-state index contributed by atoms with van der Waals surface area (Å²) in [6.07, 6.45) is 7.49. The Morgan fingerprint density at radius 1 is 1.15 bits per heavy atom. The van der Waals surface area contributed by atoms with Crippen LogP contribution in [0.15, 0.2) is 27.5 Å². The van der Waals surface area contributed by atoms with E-state index in [1.54, 1.807) is 19.1 Å². The number of amidine groups is 1. The molecule has 5 atom stereocenters. The lowest BCUT2D eigenvalue weighted by Crippen LogP contribution is -2.45. The molecule has 1 N–H and O–H groups in total. The van der Waals surface area contributed by atoms with Gasteiger partial charge in [0, 0.05) is 19.0 Å². The Labute approximate surface area is 201 Å². The van der Waals surface area contributed by atoms with Gasteiger partial charge in [0.15, 0.2) is 6.10 Å². The van der Waals surface area contributed by atoms with Crippen molar-refractivity contribution in [2.45, 2.75) is 82.3 Å². The van der Waals surface area contributed by atoms with Crippen molar-refractivity contribution in [1.29, 1.82) is 0 Å². The SMILES string of the molecule is C[C@H](OC(=O)c1ccc2c(c1)S(=O)(=O)N=C1CCCCCN12)C(=O)N[C@H](C)[C@@H]1C[C@H]2CC[C@H]1C2. The lowest BCUT2D eigenvalue weighted by molar-refractivity contribution is -0.130. The summed E-state index contributed by atoms with van der Waals surface area (Å²) in [5.41, 5.74) is 0.644. The molecule has 0 aromatic heterocycles. The zero-order valence-corrected chi connectivity index (χ0v) is 20.6. The van der Waals surface area contributed by atoms with Crippen LogP contribution in [0.25, 0.3) is 0 Å². The van der Waals surface area contributed by atoms with Crippen molar-refractivity contribution in [3.8, 4) is 0 Å². The molecule has 2 aliphatic heterocycles. The summed E-state index contributed by atoms with van der Waals surface area (Å²) in [4.78, 5) is 27.4. The molecule has 9 heteroatoms. The third-order valence-corrected chi connectivity index (χ3v) is 9.38. The quantitative estimate of drug-likeness (QED) is 0.636. The molecule has 3 fully saturated rings. The molecule has 2 heterocycles. The molecule has 4 aliphatic rings. The molecular weight excluding hydrogens is 454 g/mol. The number of benzene rings is 1. The van der Waals surface area contributed by atoms with Gasteiger partial charge in [-0.05, 0) is 81.9 Å². The summed E-state index contributed by atoms with van der Waals surface area (Å²) in [6, 6.07) is 4.57. The van der Waals surface area contributed by atoms with Crippen LogP contribution in [0.5, 0.6) is 0 Å². The van der Waals surface area contributed by atoms with E-state index in [1.165, 1.54) is 25.3 Å². The van der Waals surface area contributed by atoms with Crippen LogP contribution >= 0.6 is 0 Å². The summed E-state index contributed by atoms with van der Waals surface area (Å²) in [7, 11) is -3.90. The minimum Gasteiger partial charge on any atom is -0.449 e. The summed E-state index contributed by atoms with van der Waals surface area (Å²) < 4.78 is 35.1. The van der Waals surface area contributed by atoms with Gasteiger partial charge in [-0.25, -0.2) is 4.79 Å². The average molecular weight is 488 g/mol. The Hall–Kier alpha value is -2.42. The highest BCUT2D eigenvalue weighted by atomic mass is 32.2. The normalized spacial score (nSPS) is 28.7. The second-order valence-electron chi connectivity index (χ2n) is 10.3. The van der Waals surface area contributed by atoms with Gasteiger partial charge in [0.25, 0.3) is 15.9 Å². The lowest BCUT2D eigenvalue weighted by Gasteiger charge is -2.30. The molecule has 1 amide bonds. The van der Waals surface area contributed by atoms with Gasteiger partial charge in [-0.15, -0.1) is 4.40 Å². The highest BCUT2D eigenvalue weighted by Crippen LogP contribution is 2.49. The number of nitrogens with one attached hydrogen (secondary N) is 1. The molecule has 0 radical (unpaired) electrons. The van der Waals surface area contributed by atoms with Gasteiger partial charge in [-0.2, -0.15) is 8.42 Å². The van der Waals surface area contributed by atoms with E-state index in [4.69, 9.17) is 4.74 Å². The van der Waals surface area contributed by atoms with Crippen LogP contribution in [-0.4, -0.2) is 44.8 Å². The smallest absolute Gasteiger partial charge is 0.338 e. The molecule has 2 saturated carbocycles. The first-order valence-corrected chi connectivity index (χ1v) is 13.9. The van der Waals surface area contributed by atoms with E-state index in [0.29, 0.717) is 36.3 Å². The van der Waals surface area contributed by atoms with Crippen LogP contribution in [-0.2, 0) is 19.6 Å². The third-order valence-electron chi connectivity index (χ3n) is 8.04. The van der Waals surface area contributed by atoms with Gasteiger partial charge in [0.2, 0.25) is 0 Å². The zero-order valence-electron chi connectivity index (χ0n) is 19.8. The fraction of sp³-hybridized carbons (Fsp3) is 0.640. The number of hydrogen-bond donors (Lipinski definition) is 1. The number of esters is 1. The van der Waals surface area contributed by atoms with E-state index in [1.807, 2.05) is 11.8 Å². The van der Waals surface area contributed by atoms with E-state index < -0.39 is 22.1 Å². The van der Waals surface area contributed by atoms with Crippen LogP contribution in [0.1, 0.15) is 75.6 Å². The molecular formula is C25H33N3O5S. The van der Waals surface area contributed by atoms with Crippen molar-refractivity contribution in [2.75, 3.05) is 11.4 Å². The highest BCUT2D eigenvalue weighted by molar-refractivity contribution is 7.90. The number of sulfonamides is 1. The molecule has 184 valence electrons.